The molecule has 9 nitrogen and oxygen atoms in total. The molecule has 0 spiro atoms. The molecule has 0 aliphatic carbocycles. The Hall–Kier alpha value is -3.59. The summed E-state index contributed by atoms with van der Waals surface area (Å²) in [5.41, 5.74) is 0.724. The van der Waals surface area contributed by atoms with Crippen LogP contribution in [0.5, 0.6) is 11.5 Å². The monoisotopic (exact) mass is 401 g/mol. The molecule has 0 saturated heterocycles. The molecule has 28 heavy (non-hydrogen) atoms. The SMILES string of the molecule is COc1ccc(Nc2ncnc(Nc3cc(Cl)ccc3OC)c2[N+](=O)[O-])cc1. The molecule has 144 valence electrons. The van der Waals surface area contributed by atoms with Gasteiger partial charge in [0.25, 0.3) is 0 Å². The van der Waals surface area contributed by atoms with Crippen molar-refractivity contribution in [3.05, 3.63) is 63.9 Å². The van der Waals surface area contributed by atoms with Crippen molar-refractivity contribution in [2.24, 2.45) is 0 Å². The molecule has 0 aliphatic heterocycles. The Morgan fingerprint density at radius 1 is 1.00 bits per heavy atom. The standard InChI is InChI=1S/C18H16ClN5O4/c1-27-13-6-4-12(5-7-13)22-17-16(24(25)26)18(21-10-20-17)23-14-9-11(19)3-8-15(14)28-2/h3-10H,1-2H3,(H2,20,21,22,23). The summed E-state index contributed by atoms with van der Waals surface area (Å²) in [7, 11) is 3.04. The van der Waals surface area contributed by atoms with E-state index in [1.54, 1.807) is 49.6 Å². The van der Waals surface area contributed by atoms with Crippen molar-refractivity contribution < 1.29 is 14.4 Å². The molecule has 0 unspecified atom stereocenters. The number of hydrogen-bond donors (Lipinski definition) is 2. The van der Waals surface area contributed by atoms with Gasteiger partial charge in [-0.25, -0.2) is 9.97 Å². The predicted octanol–water partition coefficient (Wildman–Crippen LogP) is 4.54. The van der Waals surface area contributed by atoms with Gasteiger partial charge in [0.15, 0.2) is 0 Å². The van der Waals surface area contributed by atoms with E-state index in [2.05, 4.69) is 20.6 Å². The minimum atomic E-state index is -0.564. The van der Waals surface area contributed by atoms with Gasteiger partial charge in [-0.3, -0.25) is 10.1 Å². The first-order chi connectivity index (χ1) is 13.5. The summed E-state index contributed by atoms with van der Waals surface area (Å²) in [5, 5.41) is 18.0. The highest BCUT2D eigenvalue weighted by Gasteiger charge is 2.24. The Labute approximate surface area is 165 Å². The molecule has 0 atom stereocenters. The van der Waals surface area contributed by atoms with Crippen molar-refractivity contribution in [2.75, 3.05) is 24.9 Å². The lowest BCUT2D eigenvalue weighted by Gasteiger charge is -2.13. The third kappa shape index (κ3) is 4.21. The van der Waals surface area contributed by atoms with Crippen LogP contribution in [0.3, 0.4) is 0 Å². The van der Waals surface area contributed by atoms with Crippen molar-refractivity contribution in [1.82, 2.24) is 9.97 Å². The van der Waals surface area contributed by atoms with E-state index in [4.69, 9.17) is 21.1 Å². The Bertz CT molecular complexity index is 998. The highest BCUT2D eigenvalue weighted by atomic mass is 35.5. The first-order valence-electron chi connectivity index (χ1n) is 8.03. The number of nitrogens with zero attached hydrogens (tertiary/aromatic N) is 3. The Morgan fingerprint density at radius 3 is 2.29 bits per heavy atom. The number of aromatic nitrogens is 2. The van der Waals surface area contributed by atoms with Crippen molar-refractivity contribution in [3.8, 4) is 11.5 Å². The number of nitrogens with one attached hydrogen (secondary N) is 2. The van der Waals surface area contributed by atoms with E-state index >= 15 is 0 Å². The molecule has 0 aliphatic rings. The van der Waals surface area contributed by atoms with Crippen molar-refractivity contribution in [2.45, 2.75) is 0 Å². The van der Waals surface area contributed by atoms with Gasteiger partial charge in [-0.1, -0.05) is 11.6 Å². The molecule has 0 amide bonds. The molecule has 10 heteroatoms. The quantitative estimate of drug-likeness (QED) is 0.438. The summed E-state index contributed by atoms with van der Waals surface area (Å²) < 4.78 is 10.4. The fourth-order valence-electron chi connectivity index (χ4n) is 2.45. The number of hydrogen-bond acceptors (Lipinski definition) is 8. The third-order valence-electron chi connectivity index (χ3n) is 3.77. The van der Waals surface area contributed by atoms with Crippen molar-refractivity contribution in [1.29, 1.82) is 0 Å². The van der Waals surface area contributed by atoms with E-state index in [-0.39, 0.29) is 17.3 Å². The fourth-order valence-corrected chi connectivity index (χ4v) is 2.62. The van der Waals surface area contributed by atoms with Crippen LogP contribution >= 0.6 is 11.6 Å². The molecule has 3 rings (SSSR count). The van der Waals surface area contributed by atoms with Gasteiger partial charge >= 0.3 is 5.69 Å². The minimum absolute atomic E-state index is 0.00317. The van der Waals surface area contributed by atoms with Gasteiger partial charge in [-0.2, -0.15) is 0 Å². The first-order valence-corrected chi connectivity index (χ1v) is 8.40. The maximum absolute atomic E-state index is 11.7. The lowest BCUT2D eigenvalue weighted by Crippen LogP contribution is -2.06. The predicted molar refractivity (Wildman–Crippen MR) is 106 cm³/mol. The second-order valence-electron chi connectivity index (χ2n) is 5.50. The summed E-state index contributed by atoms with van der Waals surface area (Å²) in [6.45, 7) is 0. The topological polar surface area (TPSA) is 111 Å². The first kappa shape index (κ1) is 19.2. The van der Waals surface area contributed by atoms with Crippen molar-refractivity contribution in [3.63, 3.8) is 0 Å². The molecule has 0 bridgehead atoms. The van der Waals surface area contributed by atoms with E-state index in [9.17, 15) is 10.1 Å². The van der Waals surface area contributed by atoms with Gasteiger partial charge in [0.2, 0.25) is 11.6 Å². The number of benzene rings is 2. The normalized spacial score (nSPS) is 10.2. The molecule has 2 N–H and O–H groups in total. The molecule has 1 aromatic heterocycles. The summed E-state index contributed by atoms with van der Waals surface area (Å²) in [6.07, 6.45) is 1.22. The zero-order chi connectivity index (χ0) is 20.1. The number of anilines is 4. The maximum Gasteiger partial charge on any atom is 0.353 e. The second kappa shape index (κ2) is 8.40. The molecule has 0 radical (unpaired) electrons. The molecule has 1 heterocycles. The van der Waals surface area contributed by atoms with Crippen LogP contribution in [-0.2, 0) is 0 Å². The average molecular weight is 402 g/mol. The molecule has 0 fully saturated rings. The average Bonchev–Trinajstić information content (AvgIpc) is 2.69. The summed E-state index contributed by atoms with van der Waals surface area (Å²) in [4.78, 5) is 19.2. The largest absolute Gasteiger partial charge is 0.497 e. The van der Waals surface area contributed by atoms with Crippen LogP contribution in [-0.4, -0.2) is 29.1 Å². The van der Waals surface area contributed by atoms with Gasteiger partial charge in [0, 0.05) is 10.7 Å². The van der Waals surface area contributed by atoms with E-state index in [1.165, 1.54) is 13.4 Å². The number of ether oxygens (including phenoxy) is 2. The van der Waals surface area contributed by atoms with Crippen LogP contribution in [0.1, 0.15) is 0 Å². The minimum Gasteiger partial charge on any atom is -0.497 e. The maximum atomic E-state index is 11.7. The lowest BCUT2D eigenvalue weighted by atomic mass is 10.2. The number of rotatable bonds is 7. The highest BCUT2D eigenvalue weighted by molar-refractivity contribution is 6.31. The van der Waals surface area contributed by atoms with Crippen LogP contribution in [0.25, 0.3) is 0 Å². The Morgan fingerprint density at radius 2 is 1.68 bits per heavy atom. The van der Waals surface area contributed by atoms with E-state index in [0.717, 1.165) is 0 Å². The van der Waals surface area contributed by atoms with Crippen LogP contribution < -0.4 is 20.1 Å². The molecular weight excluding hydrogens is 386 g/mol. The Balaban J connectivity index is 1.97. The van der Waals surface area contributed by atoms with Gasteiger partial charge in [-0.15, -0.1) is 0 Å². The van der Waals surface area contributed by atoms with Crippen LogP contribution in [0.15, 0.2) is 48.8 Å². The van der Waals surface area contributed by atoms with Gasteiger partial charge < -0.3 is 20.1 Å². The fraction of sp³-hybridized carbons (Fsp3) is 0.111. The van der Waals surface area contributed by atoms with E-state index < -0.39 is 4.92 Å². The molecule has 3 aromatic rings. The van der Waals surface area contributed by atoms with Crippen LogP contribution in [0.2, 0.25) is 5.02 Å². The number of methoxy groups -OCH3 is 2. The van der Waals surface area contributed by atoms with Gasteiger partial charge in [-0.05, 0) is 42.5 Å². The zero-order valence-electron chi connectivity index (χ0n) is 15.0. The summed E-state index contributed by atoms with van der Waals surface area (Å²) >= 11 is 6.02. The lowest BCUT2D eigenvalue weighted by molar-refractivity contribution is -0.383. The van der Waals surface area contributed by atoms with Gasteiger partial charge in [0.05, 0.1) is 24.8 Å². The zero-order valence-corrected chi connectivity index (χ0v) is 15.7. The van der Waals surface area contributed by atoms with E-state index in [1.807, 2.05) is 0 Å². The number of nitro groups is 1. The van der Waals surface area contributed by atoms with E-state index in [0.29, 0.717) is 27.9 Å². The van der Waals surface area contributed by atoms with Crippen LogP contribution in [0, 0.1) is 10.1 Å². The van der Waals surface area contributed by atoms with Crippen LogP contribution in [0.4, 0.5) is 28.7 Å². The highest BCUT2D eigenvalue weighted by Crippen LogP contribution is 2.36. The Kier molecular flexibility index (Phi) is 5.75. The second-order valence-corrected chi connectivity index (χ2v) is 5.94. The molecule has 0 saturated carbocycles. The molecular formula is C18H16ClN5O4. The van der Waals surface area contributed by atoms with Gasteiger partial charge in [0.1, 0.15) is 17.8 Å². The van der Waals surface area contributed by atoms with Crippen molar-refractivity contribution >= 4 is 40.3 Å². The third-order valence-corrected chi connectivity index (χ3v) is 4.01. The summed E-state index contributed by atoms with van der Waals surface area (Å²) in [5.74, 6) is 1.16. The number of halogens is 1. The smallest absolute Gasteiger partial charge is 0.353 e. The molecule has 2 aromatic carbocycles. The summed E-state index contributed by atoms with van der Waals surface area (Å²) in [6, 6.07) is 11.8.